The molecule has 218 valence electrons. The number of fused-ring (bicyclic) bond motifs is 1. The van der Waals surface area contributed by atoms with Gasteiger partial charge in [0.1, 0.15) is 12.6 Å². The third kappa shape index (κ3) is 7.92. The average Bonchev–Trinajstić information content (AvgIpc) is 2.92. The number of aliphatic hydroxyl groups excluding tert-OH is 1. The van der Waals surface area contributed by atoms with Gasteiger partial charge in [0.25, 0.3) is 5.91 Å². The van der Waals surface area contributed by atoms with E-state index < -0.39 is 29.4 Å². The van der Waals surface area contributed by atoms with Gasteiger partial charge in [-0.05, 0) is 56.5 Å². The second-order valence-electron chi connectivity index (χ2n) is 11.3. The van der Waals surface area contributed by atoms with E-state index in [2.05, 4.69) is 27.6 Å². The predicted octanol–water partition coefficient (Wildman–Crippen LogP) is 2.52. The van der Waals surface area contributed by atoms with E-state index in [0.717, 1.165) is 16.3 Å². The molecule has 11 heteroatoms. The molecule has 1 aliphatic heterocycles. The molecule has 1 saturated heterocycles. The molecule has 0 bridgehead atoms. The normalized spacial score (nSPS) is 17.3. The second kappa shape index (κ2) is 13.1. The molecule has 0 saturated carbocycles. The van der Waals surface area contributed by atoms with Crippen LogP contribution >= 0.6 is 0 Å². The summed E-state index contributed by atoms with van der Waals surface area (Å²) < 4.78 is 5.90. The molecular formula is C29H41N5O6. The molecule has 11 nitrogen and oxygen atoms in total. The van der Waals surface area contributed by atoms with Gasteiger partial charge in [0.2, 0.25) is 11.8 Å². The number of ether oxygens (including phenoxy) is 1. The van der Waals surface area contributed by atoms with Crippen molar-refractivity contribution >= 4 is 28.6 Å². The van der Waals surface area contributed by atoms with E-state index >= 15 is 0 Å². The topological polar surface area (TPSA) is 153 Å². The van der Waals surface area contributed by atoms with Crippen molar-refractivity contribution in [3.05, 3.63) is 48.3 Å². The Morgan fingerprint density at radius 2 is 1.95 bits per heavy atom. The Morgan fingerprint density at radius 3 is 2.60 bits per heavy atom. The summed E-state index contributed by atoms with van der Waals surface area (Å²) in [5.41, 5.74) is 2.74. The van der Waals surface area contributed by atoms with Crippen molar-refractivity contribution < 1.29 is 29.3 Å². The van der Waals surface area contributed by atoms with Crippen LogP contribution in [0.1, 0.15) is 59.1 Å². The minimum atomic E-state index is -1.01. The third-order valence-corrected chi connectivity index (χ3v) is 7.04. The molecule has 5 N–H and O–H groups in total. The monoisotopic (exact) mass is 555 g/mol. The number of aromatic nitrogens is 1. The van der Waals surface area contributed by atoms with Crippen LogP contribution in [-0.4, -0.2) is 69.8 Å². The SMILES string of the molecule is C=C(NC[C@@H](NC(=O)C(C)(C)COc1cc2cc([C@@H](C)O)ccc2cn1)C(C)C)C(=O)N1CCC[C@H](C(=O)O)N1. The maximum Gasteiger partial charge on any atom is 0.322 e. The molecular weight excluding hydrogens is 514 g/mol. The molecule has 0 spiro atoms. The number of carboxylic acids is 1. The largest absolute Gasteiger partial charge is 0.480 e. The molecule has 0 unspecified atom stereocenters. The smallest absolute Gasteiger partial charge is 0.322 e. The van der Waals surface area contributed by atoms with E-state index in [9.17, 15) is 24.6 Å². The number of benzene rings is 1. The maximum atomic E-state index is 13.2. The number of carbonyl (C=O) groups excluding carboxylic acids is 2. The summed E-state index contributed by atoms with van der Waals surface area (Å²) in [5, 5.41) is 28.2. The molecule has 0 aliphatic carbocycles. The van der Waals surface area contributed by atoms with Gasteiger partial charge in [0, 0.05) is 36.8 Å². The summed E-state index contributed by atoms with van der Waals surface area (Å²) in [6.07, 6.45) is 2.12. The standard InChI is InChI=1S/C29H41N5O6/c1-17(2)24(15-30-18(3)26(36)34-11-7-8-23(33-34)27(37)38)32-28(39)29(5,6)16-40-25-13-22-12-20(19(4)35)9-10-21(22)14-31-25/h9-10,12-14,17,19,23-24,30,33,35H,3,7-8,11,15-16H2,1-2,4-6H3,(H,32,39)(H,37,38)/t19-,23-,24-/m1/s1. The molecule has 1 aromatic carbocycles. The van der Waals surface area contributed by atoms with Gasteiger partial charge >= 0.3 is 5.97 Å². The number of nitrogens with zero attached hydrogens (tertiary/aromatic N) is 2. The Kier molecular flexibility index (Phi) is 10.1. The molecule has 1 fully saturated rings. The number of nitrogens with one attached hydrogen (secondary N) is 3. The zero-order valence-corrected chi connectivity index (χ0v) is 23.9. The summed E-state index contributed by atoms with van der Waals surface area (Å²) in [4.78, 5) is 41.6. The fourth-order valence-electron chi connectivity index (χ4n) is 4.20. The molecule has 1 aromatic heterocycles. The van der Waals surface area contributed by atoms with Crippen LogP contribution in [0.4, 0.5) is 0 Å². The maximum absolute atomic E-state index is 13.2. The number of carboxylic acid groups (broad SMARTS) is 1. The van der Waals surface area contributed by atoms with E-state index in [0.29, 0.717) is 25.3 Å². The highest BCUT2D eigenvalue weighted by Crippen LogP contribution is 2.24. The fraction of sp³-hybridized carbons (Fsp3) is 0.517. The molecule has 2 heterocycles. The number of aliphatic hydroxyl groups is 1. The van der Waals surface area contributed by atoms with E-state index in [1.54, 1.807) is 33.0 Å². The molecule has 3 rings (SSSR count). The first-order valence-electron chi connectivity index (χ1n) is 13.5. The van der Waals surface area contributed by atoms with Crippen molar-refractivity contribution in [2.24, 2.45) is 11.3 Å². The van der Waals surface area contributed by atoms with Crippen LogP contribution in [0, 0.1) is 11.3 Å². The molecule has 2 amide bonds. The van der Waals surface area contributed by atoms with Crippen LogP contribution in [0.3, 0.4) is 0 Å². The fourth-order valence-corrected chi connectivity index (χ4v) is 4.20. The number of hydrogen-bond donors (Lipinski definition) is 5. The van der Waals surface area contributed by atoms with Crippen LogP contribution in [0.25, 0.3) is 10.8 Å². The number of aliphatic carboxylic acids is 1. The number of pyridine rings is 1. The van der Waals surface area contributed by atoms with Gasteiger partial charge < -0.3 is 25.6 Å². The van der Waals surface area contributed by atoms with Gasteiger partial charge in [-0.1, -0.05) is 32.6 Å². The summed E-state index contributed by atoms with van der Waals surface area (Å²) in [6.45, 7) is 13.7. The lowest BCUT2D eigenvalue weighted by Crippen LogP contribution is -2.56. The van der Waals surface area contributed by atoms with E-state index in [1.165, 1.54) is 5.01 Å². The number of carbonyl (C=O) groups is 3. The van der Waals surface area contributed by atoms with Crippen LogP contribution in [0.5, 0.6) is 5.88 Å². The van der Waals surface area contributed by atoms with Crippen LogP contribution in [0.15, 0.2) is 42.7 Å². The zero-order valence-electron chi connectivity index (χ0n) is 23.9. The molecule has 1 aliphatic rings. The molecule has 3 atom stereocenters. The lowest BCUT2D eigenvalue weighted by Gasteiger charge is -2.33. The second-order valence-corrected chi connectivity index (χ2v) is 11.3. The van der Waals surface area contributed by atoms with Crippen molar-refractivity contribution in [2.75, 3.05) is 19.7 Å². The van der Waals surface area contributed by atoms with E-state index in [4.69, 9.17) is 4.74 Å². The number of hydrazine groups is 1. The highest BCUT2D eigenvalue weighted by molar-refractivity contribution is 5.92. The Hall–Kier alpha value is -3.70. The van der Waals surface area contributed by atoms with E-state index in [-0.39, 0.29) is 36.7 Å². The molecule has 40 heavy (non-hydrogen) atoms. The van der Waals surface area contributed by atoms with Gasteiger partial charge in [-0.15, -0.1) is 0 Å². The predicted molar refractivity (Wildman–Crippen MR) is 151 cm³/mol. The molecule has 0 radical (unpaired) electrons. The summed E-state index contributed by atoms with van der Waals surface area (Å²) in [5.74, 6) is -1.23. The summed E-state index contributed by atoms with van der Waals surface area (Å²) >= 11 is 0. The lowest BCUT2D eigenvalue weighted by molar-refractivity contribution is -0.145. The zero-order chi connectivity index (χ0) is 29.6. The third-order valence-electron chi connectivity index (χ3n) is 7.04. The first-order valence-corrected chi connectivity index (χ1v) is 13.5. The Balaban J connectivity index is 1.56. The number of rotatable bonds is 12. The summed E-state index contributed by atoms with van der Waals surface area (Å²) in [7, 11) is 0. The van der Waals surface area contributed by atoms with Crippen molar-refractivity contribution in [3.63, 3.8) is 0 Å². The van der Waals surface area contributed by atoms with Crippen LogP contribution in [-0.2, 0) is 14.4 Å². The van der Waals surface area contributed by atoms with Crippen LogP contribution in [0.2, 0.25) is 0 Å². The van der Waals surface area contributed by atoms with Crippen molar-refractivity contribution in [2.45, 2.75) is 65.6 Å². The van der Waals surface area contributed by atoms with Gasteiger partial charge in [0.05, 0.1) is 17.2 Å². The van der Waals surface area contributed by atoms with E-state index in [1.807, 2.05) is 32.0 Å². The van der Waals surface area contributed by atoms with Crippen molar-refractivity contribution in [1.29, 1.82) is 0 Å². The Bertz CT molecular complexity index is 1240. The molecule has 2 aromatic rings. The average molecular weight is 556 g/mol. The Labute approximate surface area is 235 Å². The van der Waals surface area contributed by atoms with Crippen molar-refractivity contribution in [1.82, 2.24) is 26.1 Å². The summed E-state index contributed by atoms with van der Waals surface area (Å²) in [6, 6.07) is 6.29. The minimum Gasteiger partial charge on any atom is -0.480 e. The highest BCUT2D eigenvalue weighted by atomic mass is 16.5. The first-order chi connectivity index (χ1) is 18.8. The minimum absolute atomic E-state index is 0.0471. The van der Waals surface area contributed by atoms with Crippen molar-refractivity contribution in [3.8, 4) is 5.88 Å². The highest BCUT2D eigenvalue weighted by Gasteiger charge is 2.32. The van der Waals surface area contributed by atoms with Crippen LogP contribution < -0.4 is 20.8 Å². The van der Waals surface area contributed by atoms with Gasteiger partial charge in [-0.3, -0.25) is 19.4 Å². The van der Waals surface area contributed by atoms with Gasteiger partial charge in [-0.25, -0.2) is 10.4 Å². The number of amides is 2. The van der Waals surface area contributed by atoms with Gasteiger partial charge in [0.15, 0.2) is 0 Å². The first kappa shape index (κ1) is 30.8. The lowest BCUT2D eigenvalue weighted by atomic mass is 9.92. The van der Waals surface area contributed by atoms with Gasteiger partial charge in [-0.2, -0.15) is 0 Å². The number of hydrogen-bond acceptors (Lipinski definition) is 8. The quantitative estimate of drug-likeness (QED) is 0.249. The Morgan fingerprint density at radius 1 is 1.23 bits per heavy atom.